The van der Waals surface area contributed by atoms with Crippen LogP contribution in [-0.4, -0.2) is 17.6 Å². The number of nitrogens with zero attached hydrogens (tertiary/aromatic N) is 2. The number of rotatable bonds is 2. The second-order valence-corrected chi connectivity index (χ2v) is 5.10. The molecular weight excluding hydrogens is 222 g/mol. The van der Waals surface area contributed by atoms with E-state index in [9.17, 15) is 0 Å². The Bertz CT molecular complexity index is 381. The van der Waals surface area contributed by atoms with E-state index in [4.69, 9.17) is 17.3 Å². The monoisotopic (exact) mass is 239 g/mol. The molecule has 1 aliphatic rings. The number of nitrogens with two attached hydrogens (primary N) is 1. The van der Waals surface area contributed by atoms with Gasteiger partial charge in [0.1, 0.15) is 5.82 Å². The lowest BCUT2D eigenvalue weighted by atomic mass is 10.1. The molecule has 0 aliphatic carbocycles. The number of hydrogen-bond acceptors (Lipinski definition) is 3. The van der Waals surface area contributed by atoms with Crippen LogP contribution in [0.1, 0.15) is 25.8 Å². The molecule has 2 rings (SSSR count). The Morgan fingerprint density at radius 3 is 2.81 bits per heavy atom. The molecule has 4 heteroatoms. The number of aromatic nitrogens is 1. The van der Waals surface area contributed by atoms with Crippen LogP contribution in [-0.2, 0) is 6.54 Å². The summed E-state index contributed by atoms with van der Waals surface area (Å²) in [7, 11) is 0. The zero-order valence-corrected chi connectivity index (χ0v) is 10.5. The molecule has 2 unspecified atom stereocenters. The minimum absolute atomic E-state index is 0.485. The van der Waals surface area contributed by atoms with Gasteiger partial charge >= 0.3 is 0 Å². The van der Waals surface area contributed by atoms with E-state index in [0.717, 1.165) is 17.9 Å². The van der Waals surface area contributed by atoms with Crippen molar-refractivity contribution in [1.29, 1.82) is 0 Å². The highest BCUT2D eigenvalue weighted by molar-refractivity contribution is 6.33. The van der Waals surface area contributed by atoms with Crippen molar-refractivity contribution in [2.24, 2.45) is 11.7 Å². The first-order valence-electron chi connectivity index (χ1n) is 5.73. The summed E-state index contributed by atoms with van der Waals surface area (Å²) in [6.07, 6.45) is 3.02. The summed E-state index contributed by atoms with van der Waals surface area (Å²) in [6, 6.07) is 2.43. The van der Waals surface area contributed by atoms with Crippen LogP contribution in [0.2, 0.25) is 5.02 Å². The molecule has 2 atom stereocenters. The summed E-state index contributed by atoms with van der Waals surface area (Å²) in [5.41, 5.74) is 6.54. The van der Waals surface area contributed by atoms with Crippen LogP contribution in [0.4, 0.5) is 5.82 Å². The molecular formula is C12H18ClN3. The highest BCUT2D eigenvalue weighted by atomic mass is 35.5. The molecule has 2 heterocycles. The van der Waals surface area contributed by atoms with Gasteiger partial charge in [-0.25, -0.2) is 4.98 Å². The standard InChI is InChI=1S/C12H18ClN3/c1-8-3-9(2)16(7-8)12-11(13)4-10(5-14)6-15-12/h4,6,8-9H,3,5,7,14H2,1-2H3. The summed E-state index contributed by atoms with van der Waals surface area (Å²) in [6.45, 7) is 6.01. The second kappa shape index (κ2) is 4.60. The first-order chi connectivity index (χ1) is 7.61. The van der Waals surface area contributed by atoms with Crippen LogP contribution < -0.4 is 10.6 Å². The maximum Gasteiger partial charge on any atom is 0.147 e. The minimum atomic E-state index is 0.485. The van der Waals surface area contributed by atoms with E-state index in [2.05, 4.69) is 23.7 Å². The summed E-state index contributed by atoms with van der Waals surface area (Å²) in [5.74, 6) is 1.61. The van der Waals surface area contributed by atoms with Gasteiger partial charge in [0, 0.05) is 25.3 Å². The fourth-order valence-electron chi connectivity index (χ4n) is 2.39. The van der Waals surface area contributed by atoms with E-state index in [-0.39, 0.29) is 0 Å². The summed E-state index contributed by atoms with van der Waals surface area (Å²) in [4.78, 5) is 6.71. The Morgan fingerprint density at radius 2 is 2.31 bits per heavy atom. The predicted molar refractivity (Wildman–Crippen MR) is 67.7 cm³/mol. The van der Waals surface area contributed by atoms with Crippen LogP contribution in [0.15, 0.2) is 12.3 Å². The van der Waals surface area contributed by atoms with Crippen LogP contribution in [0.25, 0.3) is 0 Å². The van der Waals surface area contributed by atoms with Gasteiger partial charge in [-0.2, -0.15) is 0 Å². The summed E-state index contributed by atoms with van der Waals surface area (Å²) < 4.78 is 0. The van der Waals surface area contributed by atoms with Gasteiger partial charge in [-0.1, -0.05) is 18.5 Å². The molecule has 1 aliphatic heterocycles. The Hall–Kier alpha value is -0.800. The quantitative estimate of drug-likeness (QED) is 0.862. The van der Waals surface area contributed by atoms with Gasteiger partial charge in [-0.3, -0.25) is 0 Å². The fourth-order valence-corrected chi connectivity index (χ4v) is 2.69. The first-order valence-corrected chi connectivity index (χ1v) is 6.10. The molecule has 0 radical (unpaired) electrons. The third-order valence-corrected chi connectivity index (χ3v) is 3.45. The minimum Gasteiger partial charge on any atom is -0.352 e. The van der Waals surface area contributed by atoms with Crippen LogP contribution in [0.3, 0.4) is 0 Å². The molecule has 0 saturated carbocycles. The predicted octanol–water partition coefficient (Wildman–Crippen LogP) is 2.43. The molecule has 0 amide bonds. The normalized spacial score (nSPS) is 25.1. The Morgan fingerprint density at radius 1 is 1.56 bits per heavy atom. The van der Waals surface area contributed by atoms with Gasteiger partial charge in [0.2, 0.25) is 0 Å². The zero-order chi connectivity index (χ0) is 11.7. The molecule has 1 aromatic rings. The second-order valence-electron chi connectivity index (χ2n) is 4.70. The third-order valence-electron chi connectivity index (χ3n) is 3.17. The van der Waals surface area contributed by atoms with E-state index in [0.29, 0.717) is 23.5 Å². The lowest BCUT2D eigenvalue weighted by Gasteiger charge is -2.23. The van der Waals surface area contributed by atoms with Crippen molar-refractivity contribution in [3.05, 3.63) is 22.8 Å². The van der Waals surface area contributed by atoms with E-state index in [1.807, 2.05) is 12.3 Å². The van der Waals surface area contributed by atoms with Crippen LogP contribution >= 0.6 is 11.6 Å². The maximum absolute atomic E-state index is 6.24. The number of hydrogen-bond donors (Lipinski definition) is 1. The molecule has 88 valence electrons. The molecule has 0 bridgehead atoms. The summed E-state index contributed by atoms with van der Waals surface area (Å²) in [5, 5.41) is 0.712. The van der Waals surface area contributed by atoms with Gasteiger partial charge in [-0.05, 0) is 30.9 Å². The highest BCUT2D eigenvalue weighted by Crippen LogP contribution is 2.32. The van der Waals surface area contributed by atoms with Gasteiger partial charge in [0.15, 0.2) is 0 Å². The van der Waals surface area contributed by atoms with E-state index >= 15 is 0 Å². The number of pyridine rings is 1. The maximum atomic E-state index is 6.24. The highest BCUT2D eigenvalue weighted by Gasteiger charge is 2.28. The molecule has 1 fully saturated rings. The molecule has 1 aromatic heterocycles. The molecule has 2 N–H and O–H groups in total. The lowest BCUT2D eigenvalue weighted by molar-refractivity contribution is 0.625. The van der Waals surface area contributed by atoms with Crippen molar-refractivity contribution < 1.29 is 0 Å². The van der Waals surface area contributed by atoms with Crippen molar-refractivity contribution >= 4 is 17.4 Å². The number of anilines is 1. The van der Waals surface area contributed by atoms with Crippen molar-refractivity contribution in [3.63, 3.8) is 0 Å². The van der Waals surface area contributed by atoms with Crippen molar-refractivity contribution in [2.75, 3.05) is 11.4 Å². The lowest BCUT2D eigenvalue weighted by Crippen LogP contribution is -2.27. The SMILES string of the molecule is CC1CC(C)N(c2ncc(CN)cc2Cl)C1. The zero-order valence-electron chi connectivity index (χ0n) is 9.78. The van der Waals surface area contributed by atoms with Gasteiger partial charge in [0.25, 0.3) is 0 Å². The van der Waals surface area contributed by atoms with Crippen molar-refractivity contribution in [3.8, 4) is 0 Å². The average Bonchev–Trinajstić information content (AvgIpc) is 2.57. The molecule has 0 spiro atoms. The van der Waals surface area contributed by atoms with E-state index < -0.39 is 0 Å². The van der Waals surface area contributed by atoms with Gasteiger partial charge in [-0.15, -0.1) is 0 Å². The largest absolute Gasteiger partial charge is 0.352 e. The summed E-state index contributed by atoms with van der Waals surface area (Å²) >= 11 is 6.24. The average molecular weight is 240 g/mol. The fraction of sp³-hybridized carbons (Fsp3) is 0.583. The molecule has 16 heavy (non-hydrogen) atoms. The van der Waals surface area contributed by atoms with Crippen LogP contribution in [0.5, 0.6) is 0 Å². The van der Waals surface area contributed by atoms with E-state index in [1.165, 1.54) is 6.42 Å². The van der Waals surface area contributed by atoms with Crippen molar-refractivity contribution in [1.82, 2.24) is 4.98 Å². The Balaban J connectivity index is 2.27. The van der Waals surface area contributed by atoms with Gasteiger partial charge < -0.3 is 10.6 Å². The van der Waals surface area contributed by atoms with Crippen LogP contribution in [0, 0.1) is 5.92 Å². The Kier molecular flexibility index (Phi) is 3.36. The first kappa shape index (κ1) is 11.7. The van der Waals surface area contributed by atoms with Gasteiger partial charge in [0.05, 0.1) is 5.02 Å². The number of halogens is 1. The third kappa shape index (κ3) is 2.15. The topological polar surface area (TPSA) is 42.2 Å². The Labute approximate surface area is 102 Å². The molecule has 1 saturated heterocycles. The van der Waals surface area contributed by atoms with Crippen molar-refractivity contribution in [2.45, 2.75) is 32.9 Å². The molecule has 0 aromatic carbocycles. The smallest absolute Gasteiger partial charge is 0.147 e. The van der Waals surface area contributed by atoms with E-state index in [1.54, 1.807) is 0 Å². The molecule has 3 nitrogen and oxygen atoms in total.